The Labute approximate surface area is 135 Å². The Hall–Kier alpha value is -1.72. The minimum Gasteiger partial charge on any atom is -0.495 e. The van der Waals surface area contributed by atoms with Crippen molar-refractivity contribution >= 4 is 39.0 Å². The zero-order valence-corrected chi connectivity index (χ0v) is 13.8. The maximum Gasteiger partial charge on any atom is 0.200 e. The molecular formula is C15H13BrClNO3. The second-order valence-electron chi connectivity index (χ2n) is 4.20. The Morgan fingerprint density at radius 1 is 1.19 bits per heavy atom. The van der Waals surface area contributed by atoms with E-state index in [0.29, 0.717) is 32.2 Å². The summed E-state index contributed by atoms with van der Waals surface area (Å²) in [6.45, 7) is 0. The normalized spacial score (nSPS) is 10.3. The first-order valence-electron chi connectivity index (χ1n) is 6.00. The van der Waals surface area contributed by atoms with Crippen LogP contribution in [0.2, 0.25) is 5.02 Å². The molecule has 2 rings (SSSR count). The molecule has 0 aliphatic carbocycles. The van der Waals surface area contributed by atoms with Gasteiger partial charge in [-0.2, -0.15) is 0 Å². The van der Waals surface area contributed by atoms with Gasteiger partial charge in [-0.1, -0.05) is 17.7 Å². The first-order valence-corrected chi connectivity index (χ1v) is 7.17. The van der Waals surface area contributed by atoms with Crippen molar-refractivity contribution < 1.29 is 14.3 Å². The van der Waals surface area contributed by atoms with Crippen LogP contribution in [-0.4, -0.2) is 20.0 Å². The van der Waals surface area contributed by atoms with Crippen molar-refractivity contribution in [1.29, 1.82) is 0 Å². The largest absolute Gasteiger partial charge is 0.495 e. The molecule has 0 amide bonds. The first kappa shape index (κ1) is 15.7. The van der Waals surface area contributed by atoms with Crippen molar-refractivity contribution in [1.82, 2.24) is 0 Å². The number of carbonyl (C=O) groups is 1. The van der Waals surface area contributed by atoms with Crippen LogP contribution < -0.4 is 15.2 Å². The first-order chi connectivity index (χ1) is 10.0. The summed E-state index contributed by atoms with van der Waals surface area (Å²) in [6, 6.07) is 8.23. The van der Waals surface area contributed by atoms with Gasteiger partial charge in [-0.05, 0) is 40.2 Å². The lowest BCUT2D eigenvalue weighted by atomic mass is 10.0. The van der Waals surface area contributed by atoms with Gasteiger partial charge in [0, 0.05) is 5.69 Å². The summed E-state index contributed by atoms with van der Waals surface area (Å²) in [5, 5.41) is 0.300. The minimum atomic E-state index is -0.307. The molecule has 0 aliphatic rings. The Balaban J connectivity index is 2.62. The second-order valence-corrected chi connectivity index (χ2v) is 5.40. The highest BCUT2D eigenvalue weighted by Gasteiger charge is 2.22. The maximum atomic E-state index is 12.7. The fourth-order valence-electron chi connectivity index (χ4n) is 1.99. The third kappa shape index (κ3) is 2.84. The summed E-state index contributed by atoms with van der Waals surface area (Å²) in [7, 11) is 3.01. The van der Waals surface area contributed by atoms with Gasteiger partial charge in [-0.15, -0.1) is 0 Å². The summed E-state index contributed by atoms with van der Waals surface area (Å²) in [4.78, 5) is 12.7. The number of halogens is 2. The summed E-state index contributed by atoms with van der Waals surface area (Å²) in [5.41, 5.74) is 6.79. The third-order valence-electron chi connectivity index (χ3n) is 3.00. The predicted octanol–water partition coefficient (Wildman–Crippen LogP) is 3.93. The molecule has 0 aromatic heterocycles. The number of ether oxygens (including phenoxy) is 2. The number of methoxy groups -OCH3 is 2. The topological polar surface area (TPSA) is 61.5 Å². The lowest BCUT2D eigenvalue weighted by molar-refractivity contribution is 0.103. The number of nitrogens with two attached hydrogens (primary N) is 1. The fourth-order valence-corrected chi connectivity index (χ4v) is 2.93. The van der Waals surface area contributed by atoms with Crippen LogP contribution in [0.4, 0.5) is 5.69 Å². The average molecular weight is 371 g/mol. The number of anilines is 1. The number of ketones is 1. The molecule has 0 fully saturated rings. The van der Waals surface area contributed by atoms with Crippen LogP contribution in [0.1, 0.15) is 15.9 Å². The lowest BCUT2D eigenvalue weighted by Gasteiger charge is -2.14. The molecule has 0 aliphatic heterocycles. The van der Waals surface area contributed by atoms with Crippen molar-refractivity contribution in [2.24, 2.45) is 0 Å². The zero-order valence-electron chi connectivity index (χ0n) is 11.4. The molecule has 0 radical (unpaired) electrons. The average Bonchev–Trinajstić information content (AvgIpc) is 2.46. The molecule has 2 aromatic rings. The summed E-state index contributed by atoms with van der Waals surface area (Å²) >= 11 is 9.45. The number of nitrogen functional groups attached to an aromatic ring is 1. The van der Waals surface area contributed by atoms with E-state index in [1.807, 2.05) is 0 Å². The van der Waals surface area contributed by atoms with E-state index in [0.717, 1.165) is 0 Å². The van der Waals surface area contributed by atoms with Gasteiger partial charge >= 0.3 is 0 Å². The van der Waals surface area contributed by atoms with Gasteiger partial charge in [0.1, 0.15) is 16.0 Å². The minimum absolute atomic E-state index is 0.259. The molecule has 0 bridgehead atoms. The third-order valence-corrected chi connectivity index (χ3v) is 4.07. The van der Waals surface area contributed by atoms with Gasteiger partial charge < -0.3 is 15.2 Å². The molecule has 6 heteroatoms. The van der Waals surface area contributed by atoms with E-state index in [9.17, 15) is 4.79 Å². The number of hydrogen-bond donors (Lipinski definition) is 1. The van der Waals surface area contributed by atoms with E-state index in [1.54, 1.807) is 30.3 Å². The van der Waals surface area contributed by atoms with E-state index >= 15 is 0 Å². The molecule has 0 unspecified atom stereocenters. The molecule has 4 nitrogen and oxygen atoms in total. The molecular weight excluding hydrogens is 358 g/mol. The monoisotopic (exact) mass is 369 g/mol. The molecule has 0 saturated carbocycles. The molecule has 0 saturated heterocycles. The van der Waals surface area contributed by atoms with Crippen LogP contribution in [0, 0.1) is 0 Å². The molecule has 2 N–H and O–H groups in total. The second kappa shape index (κ2) is 6.37. The van der Waals surface area contributed by atoms with Crippen LogP contribution in [-0.2, 0) is 0 Å². The fraction of sp³-hybridized carbons (Fsp3) is 0.133. The molecule has 0 spiro atoms. The van der Waals surface area contributed by atoms with E-state index in [4.69, 9.17) is 26.8 Å². The van der Waals surface area contributed by atoms with Crippen molar-refractivity contribution in [3.8, 4) is 11.5 Å². The number of carbonyl (C=O) groups excluding carboxylic acids is 1. The highest BCUT2D eigenvalue weighted by Crippen LogP contribution is 2.39. The van der Waals surface area contributed by atoms with Crippen LogP contribution in [0.15, 0.2) is 34.8 Å². The molecule has 2 aromatic carbocycles. The van der Waals surface area contributed by atoms with E-state index < -0.39 is 0 Å². The van der Waals surface area contributed by atoms with Gasteiger partial charge in [0.25, 0.3) is 0 Å². The SMILES string of the molecule is COc1ccc(C(=O)c2c(N)cccc2Cl)c(OC)c1Br. The van der Waals surface area contributed by atoms with Crippen LogP contribution in [0.25, 0.3) is 0 Å². The molecule has 0 atom stereocenters. The Morgan fingerprint density at radius 3 is 2.48 bits per heavy atom. The number of rotatable bonds is 4. The zero-order chi connectivity index (χ0) is 15.6. The van der Waals surface area contributed by atoms with Crippen LogP contribution >= 0.6 is 27.5 Å². The van der Waals surface area contributed by atoms with E-state index in [2.05, 4.69) is 15.9 Å². The van der Waals surface area contributed by atoms with Gasteiger partial charge in [-0.25, -0.2) is 0 Å². The Bertz CT molecular complexity index is 683. The highest BCUT2D eigenvalue weighted by atomic mass is 79.9. The summed E-state index contributed by atoms with van der Waals surface area (Å²) in [6.07, 6.45) is 0. The van der Waals surface area contributed by atoms with Crippen LogP contribution in [0.3, 0.4) is 0 Å². The Kier molecular flexibility index (Phi) is 4.75. The van der Waals surface area contributed by atoms with Crippen molar-refractivity contribution in [3.63, 3.8) is 0 Å². The molecule has 0 heterocycles. The number of benzene rings is 2. The van der Waals surface area contributed by atoms with E-state index in [1.165, 1.54) is 14.2 Å². The summed E-state index contributed by atoms with van der Waals surface area (Å²) in [5.74, 6) is 0.632. The van der Waals surface area contributed by atoms with Crippen molar-refractivity contribution in [2.45, 2.75) is 0 Å². The standard InChI is InChI=1S/C15H13BrClNO3/c1-20-11-7-6-8(15(21-2)13(11)16)14(19)12-9(17)4-3-5-10(12)18/h3-7H,18H2,1-2H3. The Morgan fingerprint density at radius 2 is 1.90 bits per heavy atom. The van der Waals surface area contributed by atoms with Crippen molar-refractivity contribution in [3.05, 3.63) is 51.0 Å². The van der Waals surface area contributed by atoms with Gasteiger partial charge in [0.15, 0.2) is 5.78 Å². The van der Waals surface area contributed by atoms with Crippen LogP contribution in [0.5, 0.6) is 11.5 Å². The predicted molar refractivity (Wildman–Crippen MR) is 86.5 cm³/mol. The van der Waals surface area contributed by atoms with Crippen molar-refractivity contribution in [2.75, 3.05) is 20.0 Å². The summed E-state index contributed by atoms with van der Waals surface area (Å²) < 4.78 is 11.1. The van der Waals surface area contributed by atoms with Gasteiger partial charge in [-0.3, -0.25) is 4.79 Å². The highest BCUT2D eigenvalue weighted by molar-refractivity contribution is 9.10. The quantitative estimate of drug-likeness (QED) is 0.654. The number of hydrogen-bond acceptors (Lipinski definition) is 4. The lowest BCUT2D eigenvalue weighted by Crippen LogP contribution is -2.08. The van der Waals surface area contributed by atoms with Gasteiger partial charge in [0.2, 0.25) is 0 Å². The van der Waals surface area contributed by atoms with Gasteiger partial charge in [0.05, 0.1) is 30.4 Å². The maximum absolute atomic E-state index is 12.7. The molecule has 21 heavy (non-hydrogen) atoms. The molecule has 110 valence electrons. The van der Waals surface area contributed by atoms with E-state index in [-0.39, 0.29) is 11.3 Å². The smallest absolute Gasteiger partial charge is 0.200 e.